The van der Waals surface area contributed by atoms with Crippen molar-refractivity contribution in [2.45, 2.75) is 0 Å². The van der Waals surface area contributed by atoms with E-state index in [0.717, 1.165) is 27.8 Å². The lowest BCUT2D eigenvalue weighted by atomic mass is 9.94. The molecule has 0 aliphatic rings. The minimum atomic E-state index is 0.651. The van der Waals surface area contributed by atoms with E-state index in [4.69, 9.17) is 15.0 Å². The maximum Gasteiger partial charge on any atom is 0.165 e. The average Bonchev–Trinajstić information content (AvgIpc) is 3.86. The van der Waals surface area contributed by atoms with Crippen molar-refractivity contribution in [3.05, 3.63) is 188 Å². The van der Waals surface area contributed by atoms with Crippen molar-refractivity contribution in [1.82, 2.24) is 15.0 Å². The summed E-state index contributed by atoms with van der Waals surface area (Å²) in [7, 11) is 0. The lowest BCUT2D eigenvalue weighted by molar-refractivity contribution is 1.08. The second-order valence-corrected chi connectivity index (χ2v) is 16.0. The highest BCUT2D eigenvalue weighted by Gasteiger charge is 2.19. The van der Waals surface area contributed by atoms with Gasteiger partial charge in [-0.1, -0.05) is 158 Å². The molecule has 11 aromatic rings. The number of rotatable bonds is 6. The van der Waals surface area contributed by atoms with Crippen LogP contribution in [0.1, 0.15) is 0 Å². The fourth-order valence-corrected chi connectivity index (χ4v) is 10.3. The molecule has 3 heterocycles. The Kier molecular flexibility index (Phi) is 7.87. The number of fused-ring (bicyclic) bond motifs is 6. The van der Waals surface area contributed by atoms with Gasteiger partial charge in [0, 0.05) is 57.0 Å². The van der Waals surface area contributed by atoms with Gasteiger partial charge < -0.3 is 0 Å². The number of hydrogen-bond acceptors (Lipinski definition) is 5. The molecule has 0 amide bonds. The maximum absolute atomic E-state index is 5.20. The Morgan fingerprint density at radius 1 is 0.286 bits per heavy atom. The summed E-state index contributed by atoms with van der Waals surface area (Å²) in [4.78, 5) is 15.4. The van der Waals surface area contributed by atoms with E-state index in [-0.39, 0.29) is 0 Å². The van der Waals surface area contributed by atoms with Crippen LogP contribution >= 0.6 is 22.7 Å². The second-order valence-electron chi connectivity index (χ2n) is 13.9. The molecule has 262 valence electrons. The third-order valence-electron chi connectivity index (χ3n) is 10.6. The van der Waals surface area contributed by atoms with E-state index in [9.17, 15) is 0 Å². The van der Waals surface area contributed by atoms with Crippen LogP contribution in [0.5, 0.6) is 0 Å². The molecule has 8 aromatic carbocycles. The van der Waals surface area contributed by atoms with Gasteiger partial charge in [0.25, 0.3) is 0 Å². The van der Waals surface area contributed by atoms with Crippen LogP contribution in [0.2, 0.25) is 0 Å². The predicted molar refractivity (Wildman–Crippen MR) is 238 cm³/mol. The first-order valence-electron chi connectivity index (χ1n) is 18.7. The Labute approximate surface area is 331 Å². The van der Waals surface area contributed by atoms with Gasteiger partial charge in [-0.05, 0) is 63.7 Å². The van der Waals surface area contributed by atoms with Crippen molar-refractivity contribution in [1.29, 1.82) is 0 Å². The number of thiophene rings is 2. The fraction of sp³-hybridized carbons (Fsp3) is 0. The van der Waals surface area contributed by atoms with Gasteiger partial charge in [0.15, 0.2) is 17.5 Å². The number of aromatic nitrogens is 3. The van der Waals surface area contributed by atoms with Gasteiger partial charge in [0.1, 0.15) is 0 Å². The van der Waals surface area contributed by atoms with E-state index in [2.05, 4.69) is 164 Å². The highest BCUT2D eigenvalue weighted by molar-refractivity contribution is 7.26. The Morgan fingerprint density at radius 2 is 0.857 bits per heavy atom. The van der Waals surface area contributed by atoms with Gasteiger partial charge in [-0.3, -0.25) is 0 Å². The van der Waals surface area contributed by atoms with Crippen LogP contribution in [0.3, 0.4) is 0 Å². The van der Waals surface area contributed by atoms with Crippen molar-refractivity contribution in [3.8, 4) is 67.5 Å². The van der Waals surface area contributed by atoms with E-state index >= 15 is 0 Å². The van der Waals surface area contributed by atoms with E-state index in [0.29, 0.717) is 17.5 Å². The van der Waals surface area contributed by atoms with Gasteiger partial charge >= 0.3 is 0 Å². The highest BCUT2D eigenvalue weighted by Crippen LogP contribution is 2.47. The number of nitrogens with zero attached hydrogens (tertiary/aromatic N) is 3. The summed E-state index contributed by atoms with van der Waals surface area (Å²) in [5, 5.41) is 5.05. The van der Waals surface area contributed by atoms with Crippen molar-refractivity contribution < 1.29 is 0 Å². The van der Waals surface area contributed by atoms with Crippen LogP contribution < -0.4 is 0 Å². The standard InChI is InChI=1S/C51H31N3S2/c1-4-14-32(15-5-1)35-20-12-21-37(30-35)50-52-49(34-18-8-3-9-19-34)53-51(54-50)42-24-13-23-40-43-31-36(26-29-45(43)55-47(40)42)38-27-28-39(33-16-6-2-7-17-33)48-46(38)41-22-10-11-25-44(41)56-48/h1-31H. The van der Waals surface area contributed by atoms with Crippen LogP contribution in [0.25, 0.3) is 108 Å². The SMILES string of the molecule is c1ccc(-c2cccc(-c3nc(-c4ccccc4)nc(-c4cccc5c4sc4ccc(-c6ccc(-c7ccccc7)c7sc8ccccc8c67)cc45)n3)c2)cc1. The molecule has 0 spiro atoms. The first-order valence-corrected chi connectivity index (χ1v) is 20.3. The van der Waals surface area contributed by atoms with Crippen molar-refractivity contribution >= 4 is 63.0 Å². The highest BCUT2D eigenvalue weighted by atomic mass is 32.1. The molecule has 0 saturated heterocycles. The molecule has 0 unspecified atom stereocenters. The molecular weight excluding hydrogens is 719 g/mol. The maximum atomic E-state index is 5.20. The summed E-state index contributed by atoms with van der Waals surface area (Å²) in [6.07, 6.45) is 0. The zero-order valence-electron chi connectivity index (χ0n) is 30.1. The molecule has 0 bridgehead atoms. The summed E-state index contributed by atoms with van der Waals surface area (Å²) >= 11 is 3.68. The molecule has 3 nitrogen and oxygen atoms in total. The van der Waals surface area contributed by atoms with Crippen molar-refractivity contribution in [2.24, 2.45) is 0 Å². The molecule has 0 aliphatic heterocycles. The van der Waals surface area contributed by atoms with E-state index in [1.165, 1.54) is 62.6 Å². The largest absolute Gasteiger partial charge is 0.208 e. The molecular formula is C51H31N3S2. The molecule has 0 saturated carbocycles. The van der Waals surface area contributed by atoms with Crippen LogP contribution in [0, 0.1) is 0 Å². The Balaban J connectivity index is 1.08. The molecule has 56 heavy (non-hydrogen) atoms. The Bertz CT molecular complexity index is 3240. The average molecular weight is 750 g/mol. The Morgan fingerprint density at radius 3 is 1.66 bits per heavy atom. The lowest BCUT2D eigenvalue weighted by Gasteiger charge is -2.10. The van der Waals surface area contributed by atoms with Crippen LogP contribution in [0.15, 0.2) is 188 Å². The topological polar surface area (TPSA) is 38.7 Å². The van der Waals surface area contributed by atoms with Gasteiger partial charge in [-0.15, -0.1) is 22.7 Å². The lowest BCUT2D eigenvalue weighted by Crippen LogP contribution is -2.00. The van der Waals surface area contributed by atoms with E-state index in [1.54, 1.807) is 11.3 Å². The molecule has 5 heteroatoms. The summed E-state index contributed by atoms with van der Waals surface area (Å²) < 4.78 is 5.02. The normalized spacial score (nSPS) is 11.6. The monoisotopic (exact) mass is 749 g/mol. The molecule has 0 aliphatic carbocycles. The third kappa shape index (κ3) is 5.60. The molecule has 0 fully saturated rings. The zero-order chi connectivity index (χ0) is 37.0. The molecule has 0 radical (unpaired) electrons. The third-order valence-corrected chi connectivity index (χ3v) is 13.0. The quantitative estimate of drug-likeness (QED) is 0.170. The number of hydrogen-bond donors (Lipinski definition) is 0. The summed E-state index contributed by atoms with van der Waals surface area (Å²) in [5.41, 5.74) is 10.2. The summed E-state index contributed by atoms with van der Waals surface area (Å²) in [6.45, 7) is 0. The minimum Gasteiger partial charge on any atom is -0.208 e. The second kappa shape index (κ2) is 13.5. The smallest absolute Gasteiger partial charge is 0.165 e. The molecule has 11 rings (SSSR count). The van der Waals surface area contributed by atoms with Crippen molar-refractivity contribution in [3.63, 3.8) is 0 Å². The van der Waals surface area contributed by atoms with Gasteiger partial charge in [0.05, 0.1) is 0 Å². The van der Waals surface area contributed by atoms with Crippen molar-refractivity contribution in [2.75, 3.05) is 0 Å². The van der Waals surface area contributed by atoms with E-state index < -0.39 is 0 Å². The van der Waals surface area contributed by atoms with Gasteiger partial charge in [-0.25, -0.2) is 15.0 Å². The van der Waals surface area contributed by atoms with Crippen LogP contribution in [0.4, 0.5) is 0 Å². The number of benzene rings is 8. The van der Waals surface area contributed by atoms with Crippen LogP contribution in [-0.2, 0) is 0 Å². The zero-order valence-corrected chi connectivity index (χ0v) is 31.7. The van der Waals surface area contributed by atoms with E-state index in [1.807, 2.05) is 35.6 Å². The molecule has 0 atom stereocenters. The molecule has 0 N–H and O–H groups in total. The summed E-state index contributed by atoms with van der Waals surface area (Å²) in [5.74, 6) is 1.97. The fourth-order valence-electron chi connectivity index (χ4n) is 7.87. The van der Waals surface area contributed by atoms with Gasteiger partial charge in [-0.2, -0.15) is 0 Å². The predicted octanol–water partition coefficient (Wildman–Crippen LogP) is 14.6. The minimum absolute atomic E-state index is 0.651. The van der Waals surface area contributed by atoms with Gasteiger partial charge in [0.2, 0.25) is 0 Å². The van der Waals surface area contributed by atoms with Crippen LogP contribution in [-0.4, -0.2) is 15.0 Å². The first-order chi connectivity index (χ1) is 27.7. The molecule has 3 aromatic heterocycles. The Hall–Kier alpha value is -6.79. The summed E-state index contributed by atoms with van der Waals surface area (Å²) in [6, 6.07) is 66.7. The first kappa shape index (κ1) is 32.6.